The first kappa shape index (κ1) is 14.1. The fraction of sp³-hybridized carbons (Fsp3) is 0.188. The molecule has 0 spiro atoms. The van der Waals surface area contributed by atoms with Crippen LogP contribution in [0.25, 0.3) is 0 Å². The van der Waals surface area contributed by atoms with E-state index in [1.807, 2.05) is 30.3 Å². The molecule has 0 saturated heterocycles. The summed E-state index contributed by atoms with van der Waals surface area (Å²) in [5.41, 5.74) is 1.51. The molecule has 1 unspecified atom stereocenters. The smallest absolute Gasteiger partial charge is 0.260 e. The Balaban J connectivity index is 2.22. The number of anilines is 1. The second-order valence-corrected chi connectivity index (χ2v) is 4.44. The zero-order valence-corrected chi connectivity index (χ0v) is 11.5. The number of benzene rings is 2. The number of ether oxygens (including phenoxy) is 1. The molecule has 0 fully saturated rings. The molecule has 104 valence electrons. The van der Waals surface area contributed by atoms with Crippen molar-refractivity contribution >= 4 is 11.6 Å². The van der Waals surface area contributed by atoms with Crippen LogP contribution in [-0.4, -0.2) is 25.2 Å². The fourth-order valence-corrected chi connectivity index (χ4v) is 1.99. The Labute approximate surface area is 118 Å². The fourth-order valence-electron chi connectivity index (χ4n) is 1.99. The Kier molecular flexibility index (Phi) is 4.38. The van der Waals surface area contributed by atoms with Crippen molar-refractivity contribution < 1.29 is 14.6 Å². The third kappa shape index (κ3) is 2.97. The highest BCUT2D eigenvalue weighted by Crippen LogP contribution is 2.23. The van der Waals surface area contributed by atoms with Crippen LogP contribution in [0.15, 0.2) is 54.6 Å². The van der Waals surface area contributed by atoms with Crippen molar-refractivity contribution in [2.45, 2.75) is 6.10 Å². The summed E-state index contributed by atoms with van der Waals surface area (Å²) in [6.45, 7) is 0. The van der Waals surface area contributed by atoms with Crippen LogP contribution in [0, 0.1) is 0 Å². The lowest BCUT2D eigenvalue weighted by molar-refractivity contribution is -0.128. The molecule has 0 aliphatic rings. The molecule has 4 nitrogen and oxygen atoms in total. The van der Waals surface area contributed by atoms with Gasteiger partial charge in [-0.2, -0.15) is 0 Å². The van der Waals surface area contributed by atoms with E-state index in [1.165, 1.54) is 12.0 Å². The van der Waals surface area contributed by atoms with E-state index >= 15 is 0 Å². The summed E-state index contributed by atoms with van der Waals surface area (Å²) in [7, 11) is 3.20. The van der Waals surface area contributed by atoms with Gasteiger partial charge in [0.25, 0.3) is 5.91 Å². The van der Waals surface area contributed by atoms with Crippen molar-refractivity contribution in [2.24, 2.45) is 0 Å². The van der Waals surface area contributed by atoms with Gasteiger partial charge in [-0.15, -0.1) is 0 Å². The molecule has 2 rings (SSSR count). The number of aromatic hydroxyl groups is 1. The van der Waals surface area contributed by atoms with Crippen molar-refractivity contribution in [1.29, 1.82) is 0 Å². The third-order valence-corrected chi connectivity index (χ3v) is 3.13. The van der Waals surface area contributed by atoms with E-state index in [9.17, 15) is 9.90 Å². The number of likely N-dealkylation sites (N-methyl/N-ethyl adjacent to an activating group) is 1. The zero-order chi connectivity index (χ0) is 14.5. The second-order valence-electron chi connectivity index (χ2n) is 4.44. The van der Waals surface area contributed by atoms with Crippen LogP contribution in [-0.2, 0) is 9.53 Å². The topological polar surface area (TPSA) is 49.8 Å². The van der Waals surface area contributed by atoms with Gasteiger partial charge in [0.1, 0.15) is 5.75 Å². The highest BCUT2D eigenvalue weighted by molar-refractivity contribution is 5.96. The lowest BCUT2D eigenvalue weighted by Crippen LogP contribution is -2.32. The average Bonchev–Trinajstić information content (AvgIpc) is 2.49. The highest BCUT2D eigenvalue weighted by Gasteiger charge is 2.24. The Morgan fingerprint density at radius 1 is 1.10 bits per heavy atom. The van der Waals surface area contributed by atoms with E-state index in [2.05, 4.69) is 0 Å². The lowest BCUT2D eigenvalue weighted by Gasteiger charge is -2.23. The zero-order valence-electron chi connectivity index (χ0n) is 11.5. The van der Waals surface area contributed by atoms with E-state index in [-0.39, 0.29) is 11.7 Å². The molecule has 1 atom stereocenters. The summed E-state index contributed by atoms with van der Waals surface area (Å²) in [5, 5.41) is 9.28. The summed E-state index contributed by atoms with van der Waals surface area (Å²) in [6, 6.07) is 15.8. The highest BCUT2D eigenvalue weighted by atomic mass is 16.5. The average molecular weight is 271 g/mol. The molecule has 1 amide bonds. The Morgan fingerprint density at radius 3 is 2.25 bits per heavy atom. The molecule has 0 aliphatic heterocycles. The molecule has 2 aromatic carbocycles. The van der Waals surface area contributed by atoms with Crippen LogP contribution < -0.4 is 4.90 Å². The van der Waals surface area contributed by atoms with Gasteiger partial charge in [0.05, 0.1) is 0 Å². The molecular formula is C16H17NO3. The van der Waals surface area contributed by atoms with Gasteiger partial charge in [-0.1, -0.05) is 30.3 Å². The van der Waals surface area contributed by atoms with Gasteiger partial charge in [-0.3, -0.25) is 4.79 Å². The van der Waals surface area contributed by atoms with Crippen LogP contribution in [0.5, 0.6) is 5.75 Å². The number of rotatable bonds is 4. The normalized spacial score (nSPS) is 11.9. The van der Waals surface area contributed by atoms with Crippen molar-refractivity contribution in [2.75, 3.05) is 19.1 Å². The number of carbonyl (C=O) groups excluding carboxylic acids is 1. The molecule has 0 bridgehead atoms. The van der Waals surface area contributed by atoms with Crippen LogP contribution in [0.1, 0.15) is 11.7 Å². The number of nitrogens with zero attached hydrogens (tertiary/aromatic N) is 1. The van der Waals surface area contributed by atoms with Gasteiger partial charge in [0.15, 0.2) is 6.10 Å². The quantitative estimate of drug-likeness (QED) is 0.930. The van der Waals surface area contributed by atoms with Crippen LogP contribution in [0.4, 0.5) is 5.69 Å². The maximum Gasteiger partial charge on any atom is 0.260 e. The molecule has 0 aliphatic carbocycles. The summed E-state index contributed by atoms with van der Waals surface area (Å²) in [4.78, 5) is 14.0. The second kappa shape index (κ2) is 6.21. The maximum atomic E-state index is 12.5. The summed E-state index contributed by atoms with van der Waals surface area (Å²) in [5.74, 6) is 0.00494. The summed E-state index contributed by atoms with van der Waals surface area (Å²) >= 11 is 0. The number of amides is 1. The predicted octanol–water partition coefficient (Wildman–Crippen LogP) is 2.74. The van der Waals surface area contributed by atoms with E-state index in [1.54, 1.807) is 31.3 Å². The first-order valence-electron chi connectivity index (χ1n) is 6.28. The Morgan fingerprint density at radius 2 is 1.70 bits per heavy atom. The minimum absolute atomic E-state index is 0.163. The van der Waals surface area contributed by atoms with Crippen LogP contribution in [0.2, 0.25) is 0 Å². The van der Waals surface area contributed by atoms with Gasteiger partial charge >= 0.3 is 0 Å². The van der Waals surface area contributed by atoms with Gasteiger partial charge < -0.3 is 14.7 Å². The maximum absolute atomic E-state index is 12.5. The molecule has 0 saturated carbocycles. The minimum atomic E-state index is -0.644. The molecular weight excluding hydrogens is 254 g/mol. The summed E-state index contributed by atoms with van der Waals surface area (Å²) < 4.78 is 5.32. The SMILES string of the molecule is COC(C(=O)N(C)c1ccc(O)cc1)c1ccccc1. The van der Waals surface area contributed by atoms with Crippen molar-refractivity contribution in [3.63, 3.8) is 0 Å². The number of phenols is 1. The van der Waals surface area contributed by atoms with Gasteiger partial charge in [0, 0.05) is 19.8 Å². The first-order chi connectivity index (χ1) is 9.63. The minimum Gasteiger partial charge on any atom is -0.508 e. The van der Waals surface area contributed by atoms with Crippen molar-refractivity contribution in [3.05, 3.63) is 60.2 Å². The number of hydrogen-bond acceptors (Lipinski definition) is 3. The van der Waals surface area contributed by atoms with Gasteiger partial charge in [-0.05, 0) is 29.8 Å². The molecule has 2 aromatic rings. The van der Waals surface area contributed by atoms with Crippen molar-refractivity contribution in [1.82, 2.24) is 0 Å². The Hall–Kier alpha value is -2.33. The molecule has 4 heteroatoms. The lowest BCUT2D eigenvalue weighted by atomic mass is 10.1. The van der Waals surface area contributed by atoms with Gasteiger partial charge in [-0.25, -0.2) is 0 Å². The molecule has 0 radical (unpaired) electrons. The molecule has 0 heterocycles. The number of methoxy groups -OCH3 is 1. The van der Waals surface area contributed by atoms with E-state index in [0.717, 1.165) is 5.56 Å². The molecule has 0 aromatic heterocycles. The van der Waals surface area contributed by atoms with Crippen LogP contribution >= 0.6 is 0 Å². The third-order valence-electron chi connectivity index (χ3n) is 3.13. The summed E-state index contributed by atoms with van der Waals surface area (Å²) in [6.07, 6.45) is -0.644. The van der Waals surface area contributed by atoms with E-state index in [4.69, 9.17) is 4.74 Å². The van der Waals surface area contributed by atoms with E-state index in [0.29, 0.717) is 5.69 Å². The Bertz CT molecular complexity index is 566. The number of phenolic OH excluding ortho intramolecular Hbond substituents is 1. The standard InChI is InChI=1S/C16H17NO3/c1-17(13-8-10-14(18)11-9-13)16(19)15(20-2)12-6-4-3-5-7-12/h3-11,15,18H,1-2H3. The monoisotopic (exact) mass is 271 g/mol. The molecule has 20 heavy (non-hydrogen) atoms. The largest absolute Gasteiger partial charge is 0.508 e. The van der Waals surface area contributed by atoms with Crippen LogP contribution in [0.3, 0.4) is 0 Å². The van der Waals surface area contributed by atoms with Gasteiger partial charge in [0.2, 0.25) is 0 Å². The molecule has 1 N–H and O–H groups in total. The first-order valence-corrected chi connectivity index (χ1v) is 6.28. The van der Waals surface area contributed by atoms with E-state index < -0.39 is 6.10 Å². The number of carbonyl (C=O) groups is 1. The number of hydrogen-bond donors (Lipinski definition) is 1. The van der Waals surface area contributed by atoms with Crippen molar-refractivity contribution in [3.8, 4) is 5.75 Å². The predicted molar refractivity (Wildman–Crippen MR) is 77.7 cm³/mol.